The molecule has 0 saturated heterocycles. The Hall–Kier alpha value is -1.76. The van der Waals surface area contributed by atoms with Gasteiger partial charge in [-0.2, -0.15) is 8.78 Å². The van der Waals surface area contributed by atoms with Crippen LogP contribution in [0.5, 0.6) is 5.75 Å². The van der Waals surface area contributed by atoms with E-state index in [0.717, 1.165) is 0 Å². The van der Waals surface area contributed by atoms with E-state index in [2.05, 4.69) is 4.74 Å². The number of thiocarbonyl (C=S) groups is 1. The lowest BCUT2D eigenvalue weighted by Crippen LogP contribution is -2.38. The summed E-state index contributed by atoms with van der Waals surface area (Å²) in [7, 11) is 0. The van der Waals surface area contributed by atoms with Gasteiger partial charge in [0.1, 0.15) is 5.75 Å². The second-order valence-electron chi connectivity index (χ2n) is 4.52. The van der Waals surface area contributed by atoms with Crippen molar-refractivity contribution >= 4 is 23.1 Å². The number of benzene rings is 1. The van der Waals surface area contributed by atoms with Crippen LogP contribution in [0.2, 0.25) is 0 Å². The van der Waals surface area contributed by atoms with E-state index in [9.17, 15) is 13.6 Å². The Morgan fingerprint density at radius 1 is 1.43 bits per heavy atom. The molecule has 0 saturated carbocycles. The van der Waals surface area contributed by atoms with Gasteiger partial charge in [-0.1, -0.05) is 31.3 Å². The summed E-state index contributed by atoms with van der Waals surface area (Å²) in [6, 6.07) is 5.91. The smallest absolute Gasteiger partial charge is 0.387 e. The summed E-state index contributed by atoms with van der Waals surface area (Å²) in [5.74, 6) is -0.692. The van der Waals surface area contributed by atoms with Crippen LogP contribution in [0.15, 0.2) is 24.3 Å². The van der Waals surface area contributed by atoms with Crippen molar-refractivity contribution in [1.82, 2.24) is 4.90 Å². The second kappa shape index (κ2) is 7.87. The third-order valence-electron chi connectivity index (χ3n) is 2.98. The number of halogens is 2. The molecule has 0 aliphatic heterocycles. The Kier molecular flexibility index (Phi) is 6.48. The molecule has 0 aliphatic carbocycles. The molecular formula is C14H18F2N2O2S. The maximum Gasteiger partial charge on any atom is 0.387 e. The van der Waals surface area contributed by atoms with E-state index in [4.69, 9.17) is 18.0 Å². The third kappa shape index (κ3) is 4.93. The molecule has 21 heavy (non-hydrogen) atoms. The van der Waals surface area contributed by atoms with Crippen molar-refractivity contribution in [1.29, 1.82) is 0 Å². The molecule has 1 atom stereocenters. The number of carbonyl (C=O) groups is 1. The fourth-order valence-corrected chi connectivity index (χ4v) is 1.86. The fourth-order valence-electron chi connectivity index (χ4n) is 1.79. The topological polar surface area (TPSA) is 55.6 Å². The molecule has 0 spiro atoms. The Morgan fingerprint density at radius 2 is 2.05 bits per heavy atom. The van der Waals surface area contributed by atoms with Gasteiger partial charge >= 0.3 is 6.61 Å². The van der Waals surface area contributed by atoms with Crippen molar-refractivity contribution in [2.75, 3.05) is 13.1 Å². The van der Waals surface area contributed by atoms with Gasteiger partial charge < -0.3 is 15.4 Å². The standard InChI is InChI=1S/C14H18F2N2O2S/c1-3-18(8-9(2)12(17)21)13(19)10-6-4-5-7-11(10)20-14(15)16/h4-7,9,14H,3,8H2,1-2H3,(H2,17,21). The molecule has 0 bridgehead atoms. The molecule has 1 aromatic carbocycles. The van der Waals surface area contributed by atoms with Gasteiger partial charge in [0, 0.05) is 19.0 Å². The van der Waals surface area contributed by atoms with Gasteiger partial charge in [-0.15, -0.1) is 0 Å². The molecule has 0 fully saturated rings. The highest BCUT2D eigenvalue weighted by atomic mass is 32.1. The minimum Gasteiger partial charge on any atom is -0.434 e. The Morgan fingerprint density at radius 3 is 2.57 bits per heavy atom. The first-order valence-corrected chi connectivity index (χ1v) is 6.90. The number of alkyl halides is 2. The first-order chi connectivity index (χ1) is 9.86. The van der Waals surface area contributed by atoms with Gasteiger partial charge in [0.25, 0.3) is 5.91 Å². The normalized spacial score (nSPS) is 12.0. The zero-order valence-electron chi connectivity index (χ0n) is 11.9. The van der Waals surface area contributed by atoms with Gasteiger partial charge in [0.05, 0.1) is 10.6 Å². The largest absolute Gasteiger partial charge is 0.434 e. The number of ether oxygens (including phenoxy) is 1. The van der Waals surface area contributed by atoms with Crippen LogP contribution in [0.3, 0.4) is 0 Å². The molecule has 0 aliphatic rings. The van der Waals surface area contributed by atoms with Crippen molar-refractivity contribution in [2.45, 2.75) is 20.5 Å². The maximum atomic E-state index is 12.5. The number of nitrogens with two attached hydrogens (primary N) is 1. The quantitative estimate of drug-likeness (QED) is 0.786. The predicted octanol–water partition coefficient (Wildman–Crippen LogP) is 2.67. The van der Waals surface area contributed by atoms with Gasteiger partial charge in [0.2, 0.25) is 0 Å². The molecule has 7 heteroatoms. The van der Waals surface area contributed by atoms with Crippen LogP contribution in [-0.4, -0.2) is 35.5 Å². The second-order valence-corrected chi connectivity index (χ2v) is 4.99. The van der Waals surface area contributed by atoms with Crippen LogP contribution in [-0.2, 0) is 0 Å². The maximum absolute atomic E-state index is 12.5. The van der Waals surface area contributed by atoms with E-state index in [0.29, 0.717) is 18.1 Å². The van der Waals surface area contributed by atoms with Crippen LogP contribution < -0.4 is 10.5 Å². The summed E-state index contributed by atoms with van der Waals surface area (Å²) in [6.07, 6.45) is 0. The first kappa shape index (κ1) is 17.3. The van der Waals surface area contributed by atoms with Crippen LogP contribution in [0.25, 0.3) is 0 Å². The monoisotopic (exact) mass is 316 g/mol. The van der Waals surface area contributed by atoms with Crippen LogP contribution >= 0.6 is 12.2 Å². The molecule has 1 amide bonds. The lowest BCUT2D eigenvalue weighted by atomic mass is 10.1. The summed E-state index contributed by atoms with van der Waals surface area (Å²) in [4.78, 5) is 14.3. The van der Waals surface area contributed by atoms with E-state index < -0.39 is 12.5 Å². The Balaban J connectivity index is 2.97. The lowest BCUT2D eigenvalue weighted by molar-refractivity contribution is -0.0502. The van der Waals surface area contributed by atoms with Crippen molar-refractivity contribution in [2.24, 2.45) is 11.7 Å². The Labute approximate surface area is 127 Å². The number of nitrogens with zero attached hydrogens (tertiary/aromatic N) is 1. The number of carbonyl (C=O) groups excluding carboxylic acids is 1. The number of rotatable bonds is 7. The van der Waals surface area contributed by atoms with E-state index in [1.54, 1.807) is 19.9 Å². The van der Waals surface area contributed by atoms with E-state index in [1.807, 2.05) is 0 Å². The molecule has 4 nitrogen and oxygen atoms in total. The molecule has 2 N–H and O–H groups in total. The van der Waals surface area contributed by atoms with E-state index in [-0.39, 0.29) is 17.2 Å². The minimum absolute atomic E-state index is 0.0924. The number of amides is 1. The van der Waals surface area contributed by atoms with Crippen molar-refractivity contribution in [3.05, 3.63) is 29.8 Å². The van der Waals surface area contributed by atoms with Crippen molar-refractivity contribution in [3.63, 3.8) is 0 Å². The number of hydrogen-bond donors (Lipinski definition) is 1. The molecule has 0 aromatic heterocycles. The van der Waals surface area contributed by atoms with E-state index >= 15 is 0 Å². The minimum atomic E-state index is -2.98. The lowest BCUT2D eigenvalue weighted by Gasteiger charge is -2.25. The summed E-state index contributed by atoms with van der Waals surface area (Å²) in [5.41, 5.74) is 5.64. The average Bonchev–Trinajstić information content (AvgIpc) is 2.43. The highest BCUT2D eigenvalue weighted by Crippen LogP contribution is 2.22. The fraction of sp³-hybridized carbons (Fsp3) is 0.429. The average molecular weight is 316 g/mol. The highest BCUT2D eigenvalue weighted by molar-refractivity contribution is 7.80. The molecular weight excluding hydrogens is 298 g/mol. The molecule has 1 rings (SSSR count). The molecule has 0 heterocycles. The van der Waals surface area contributed by atoms with Gasteiger partial charge in [-0.05, 0) is 19.1 Å². The molecule has 1 unspecified atom stereocenters. The molecule has 116 valence electrons. The highest BCUT2D eigenvalue weighted by Gasteiger charge is 2.22. The van der Waals surface area contributed by atoms with E-state index in [1.165, 1.54) is 23.1 Å². The van der Waals surface area contributed by atoms with Gasteiger partial charge in [0.15, 0.2) is 0 Å². The summed E-state index contributed by atoms with van der Waals surface area (Å²) < 4.78 is 29.1. The summed E-state index contributed by atoms with van der Waals surface area (Å²) in [5, 5.41) is 0. The van der Waals surface area contributed by atoms with Crippen LogP contribution in [0.4, 0.5) is 8.78 Å². The Bertz CT molecular complexity index is 512. The molecule has 1 aromatic rings. The third-order valence-corrected chi connectivity index (χ3v) is 3.38. The first-order valence-electron chi connectivity index (χ1n) is 6.49. The van der Waals surface area contributed by atoms with Gasteiger partial charge in [-0.3, -0.25) is 4.79 Å². The molecule has 0 radical (unpaired) electrons. The SMILES string of the molecule is CCN(CC(C)C(N)=S)C(=O)c1ccccc1OC(F)F. The zero-order valence-corrected chi connectivity index (χ0v) is 12.7. The summed E-state index contributed by atoms with van der Waals surface area (Å²) in [6.45, 7) is 1.35. The predicted molar refractivity (Wildman–Crippen MR) is 80.6 cm³/mol. The van der Waals surface area contributed by atoms with Crippen molar-refractivity contribution in [3.8, 4) is 5.75 Å². The van der Waals surface area contributed by atoms with Gasteiger partial charge in [-0.25, -0.2) is 0 Å². The number of para-hydroxylation sites is 1. The van der Waals surface area contributed by atoms with Crippen LogP contribution in [0, 0.1) is 5.92 Å². The number of hydrogen-bond acceptors (Lipinski definition) is 3. The van der Waals surface area contributed by atoms with Crippen LogP contribution in [0.1, 0.15) is 24.2 Å². The summed E-state index contributed by atoms with van der Waals surface area (Å²) >= 11 is 4.89. The van der Waals surface area contributed by atoms with Crippen molar-refractivity contribution < 1.29 is 18.3 Å². The zero-order chi connectivity index (χ0) is 16.0.